The van der Waals surface area contributed by atoms with E-state index in [0.717, 1.165) is 27.7 Å². The highest BCUT2D eigenvalue weighted by Crippen LogP contribution is 2.30. The molecule has 0 fully saturated rings. The Morgan fingerprint density at radius 3 is 2.84 bits per heavy atom. The van der Waals surface area contributed by atoms with Gasteiger partial charge in [0.05, 0.1) is 12.1 Å². The number of nitrogens with one attached hydrogen (secondary N) is 2. The fourth-order valence-corrected chi connectivity index (χ4v) is 4.04. The fraction of sp³-hybridized carbons (Fsp3) is 0.200. The molecule has 2 N–H and O–H groups in total. The number of halogens is 2. The molecule has 0 aliphatic carbocycles. The topological polar surface area (TPSA) is 115 Å². The van der Waals surface area contributed by atoms with Crippen LogP contribution in [0.2, 0.25) is 0 Å². The molecular weight excluding hydrogens is 480 g/mol. The zero-order valence-corrected chi connectivity index (χ0v) is 19.7. The predicted octanol–water partition coefficient (Wildman–Crippen LogP) is 4.09. The minimum Gasteiger partial charge on any atom is -0.439 e. The van der Waals surface area contributed by atoms with Crippen molar-refractivity contribution >= 4 is 33.9 Å². The van der Waals surface area contributed by atoms with E-state index in [9.17, 15) is 8.78 Å². The molecule has 186 valence electrons. The van der Waals surface area contributed by atoms with Crippen LogP contribution in [0, 0.1) is 6.92 Å². The SMILES string of the molecule is Cc1cc(Nc2ncnc3ccc(CC4=NCC(F)(F)CN4)cc23)ccc1Oc1cc2nncn2cn1. The lowest BCUT2D eigenvalue weighted by molar-refractivity contribution is 0.0123. The van der Waals surface area contributed by atoms with Crippen LogP contribution in [0.1, 0.15) is 11.1 Å². The number of hydrogen-bond donors (Lipinski definition) is 2. The van der Waals surface area contributed by atoms with E-state index in [4.69, 9.17) is 4.74 Å². The predicted molar refractivity (Wildman–Crippen MR) is 134 cm³/mol. The van der Waals surface area contributed by atoms with E-state index in [1.165, 1.54) is 6.33 Å². The van der Waals surface area contributed by atoms with E-state index in [2.05, 4.69) is 40.8 Å². The summed E-state index contributed by atoms with van der Waals surface area (Å²) >= 11 is 0. The first-order valence-corrected chi connectivity index (χ1v) is 11.5. The second kappa shape index (κ2) is 9.04. The van der Waals surface area contributed by atoms with E-state index in [1.807, 2.05) is 43.3 Å². The molecule has 0 radical (unpaired) electrons. The average molecular weight is 502 g/mol. The second-order valence-electron chi connectivity index (χ2n) is 8.75. The summed E-state index contributed by atoms with van der Waals surface area (Å²) < 4.78 is 34.4. The molecule has 4 heterocycles. The van der Waals surface area contributed by atoms with Crippen molar-refractivity contribution in [2.75, 3.05) is 18.4 Å². The van der Waals surface area contributed by atoms with Gasteiger partial charge >= 0.3 is 0 Å². The van der Waals surface area contributed by atoms with Crippen LogP contribution < -0.4 is 15.4 Å². The number of alkyl halides is 2. The van der Waals surface area contributed by atoms with E-state index >= 15 is 0 Å². The molecule has 12 heteroatoms. The van der Waals surface area contributed by atoms with Crippen molar-refractivity contribution in [3.05, 3.63) is 72.6 Å². The summed E-state index contributed by atoms with van der Waals surface area (Å²) in [5, 5.41) is 14.7. The van der Waals surface area contributed by atoms with Crippen molar-refractivity contribution < 1.29 is 13.5 Å². The van der Waals surface area contributed by atoms with E-state index in [0.29, 0.717) is 35.4 Å². The van der Waals surface area contributed by atoms with Crippen LogP contribution in [-0.4, -0.2) is 54.4 Å². The number of aryl methyl sites for hydroxylation is 1. The molecule has 0 amide bonds. The molecule has 0 bridgehead atoms. The van der Waals surface area contributed by atoms with Crippen molar-refractivity contribution in [2.24, 2.45) is 4.99 Å². The standard InChI is InChI=1S/C25H21F2N9O/c1-15-6-17(3-5-20(15)37-23-9-22-35-33-14-36(22)13-32-23)34-24-18-7-16(2-4-19(18)30-12-31-24)8-21-28-10-25(26,27)11-29-21/h2-7,9,12-14H,8,10-11H2,1H3,(H,28,29)(H,30,31,34). The summed E-state index contributed by atoms with van der Waals surface area (Å²) in [7, 11) is 0. The maximum Gasteiger partial charge on any atom is 0.284 e. The smallest absolute Gasteiger partial charge is 0.284 e. The van der Waals surface area contributed by atoms with E-state index in [1.54, 1.807) is 23.1 Å². The summed E-state index contributed by atoms with van der Waals surface area (Å²) in [6, 6.07) is 13.1. The number of nitrogens with zero attached hydrogens (tertiary/aromatic N) is 7. The number of fused-ring (bicyclic) bond motifs is 2. The number of rotatable bonds is 6. The van der Waals surface area contributed by atoms with Gasteiger partial charge in [0.15, 0.2) is 5.65 Å². The molecule has 0 saturated carbocycles. The average Bonchev–Trinajstić information content (AvgIpc) is 3.35. The minimum absolute atomic E-state index is 0.403. The largest absolute Gasteiger partial charge is 0.439 e. The van der Waals surface area contributed by atoms with Gasteiger partial charge in [0.1, 0.15) is 42.9 Å². The third-order valence-electron chi connectivity index (χ3n) is 5.94. The number of aliphatic imine (C=N–C) groups is 1. The summed E-state index contributed by atoms with van der Waals surface area (Å²) in [5.74, 6) is -0.565. The number of benzene rings is 2. The number of ether oxygens (including phenoxy) is 1. The zero-order chi connectivity index (χ0) is 25.4. The zero-order valence-electron chi connectivity index (χ0n) is 19.7. The van der Waals surface area contributed by atoms with Gasteiger partial charge in [0, 0.05) is 23.6 Å². The monoisotopic (exact) mass is 501 g/mol. The van der Waals surface area contributed by atoms with Crippen molar-refractivity contribution in [3.8, 4) is 11.6 Å². The lowest BCUT2D eigenvalue weighted by Gasteiger charge is -2.22. The van der Waals surface area contributed by atoms with Gasteiger partial charge in [-0.25, -0.2) is 23.7 Å². The van der Waals surface area contributed by atoms with Crippen LogP contribution in [0.4, 0.5) is 20.3 Å². The third-order valence-corrected chi connectivity index (χ3v) is 5.94. The Bertz CT molecular complexity index is 1650. The molecule has 0 spiro atoms. The van der Waals surface area contributed by atoms with Crippen LogP contribution in [0.3, 0.4) is 0 Å². The molecule has 5 aromatic rings. The summed E-state index contributed by atoms with van der Waals surface area (Å²) in [6.45, 7) is 1.04. The normalized spacial score (nSPS) is 14.8. The lowest BCUT2D eigenvalue weighted by atomic mass is 10.1. The van der Waals surface area contributed by atoms with Crippen molar-refractivity contribution in [2.45, 2.75) is 19.3 Å². The van der Waals surface area contributed by atoms with Crippen molar-refractivity contribution in [1.29, 1.82) is 0 Å². The Morgan fingerprint density at radius 2 is 2.00 bits per heavy atom. The molecule has 10 nitrogen and oxygen atoms in total. The molecular formula is C25H21F2N9O. The molecule has 37 heavy (non-hydrogen) atoms. The molecule has 6 rings (SSSR count). The highest BCUT2D eigenvalue weighted by Gasteiger charge is 2.31. The molecule has 1 aliphatic rings. The van der Waals surface area contributed by atoms with Crippen LogP contribution in [0.5, 0.6) is 11.6 Å². The Morgan fingerprint density at radius 1 is 1.08 bits per heavy atom. The molecule has 1 aliphatic heterocycles. The highest BCUT2D eigenvalue weighted by molar-refractivity contribution is 5.92. The van der Waals surface area contributed by atoms with E-state index in [-0.39, 0.29) is 0 Å². The van der Waals surface area contributed by atoms with Crippen LogP contribution in [0.25, 0.3) is 16.6 Å². The quantitative estimate of drug-likeness (QED) is 0.358. The first-order valence-electron chi connectivity index (χ1n) is 11.5. The first-order chi connectivity index (χ1) is 17.9. The van der Waals surface area contributed by atoms with Crippen LogP contribution in [-0.2, 0) is 6.42 Å². The van der Waals surface area contributed by atoms with Gasteiger partial charge in [-0.2, -0.15) is 0 Å². The minimum atomic E-state index is -2.81. The molecule has 0 saturated heterocycles. The third kappa shape index (κ3) is 4.85. The van der Waals surface area contributed by atoms with Gasteiger partial charge < -0.3 is 15.4 Å². The Labute approximate surface area is 209 Å². The Balaban J connectivity index is 1.22. The molecule has 2 aromatic carbocycles. The number of anilines is 2. The summed E-state index contributed by atoms with van der Waals surface area (Å²) in [4.78, 5) is 17.0. The summed E-state index contributed by atoms with van der Waals surface area (Å²) in [5.41, 5.74) is 4.03. The Kier molecular flexibility index (Phi) is 5.55. The molecule has 3 aromatic heterocycles. The highest BCUT2D eigenvalue weighted by atomic mass is 19.3. The number of amidine groups is 1. The first kappa shape index (κ1) is 22.7. The Hall–Kier alpha value is -4.74. The van der Waals surface area contributed by atoms with Gasteiger partial charge in [-0.3, -0.25) is 9.39 Å². The maximum atomic E-state index is 13.4. The summed E-state index contributed by atoms with van der Waals surface area (Å²) in [6.07, 6.45) is 5.08. The maximum absolute atomic E-state index is 13.4. The number of hydrogen-bond acceptors (Lipinski definition) is 9. The molecule has 0 atom stereocenters. The van der Waals surface area contributed by atoms with Crippen LogP contribution >= 0.6 is 0 Å². The van der Waals surface area contributed by atoms with Gasteiger partial charge in [-0.15, -0.1) is 10.2 Å². The lowest BCUT2D eigenvalue weighted by Crippen LogP contribution is -2.44. The molecule has 0 unspecified atom stereocenters. The van der Waals surface area contributed by atoms with Gasteiger partial charge in [0.25, 0.3) is 5.92 Å². The van der Waals surface area contributed by atoms with Gasteiger partial charge in [0.2, 0.25) is 5.88 Å². The van der Waals surface area contributed by atoms with Crippen molar-refractivity contribution in [1.82, 2.24) is 34.9 Å². The van der Waals surface area contributed by atoms with Crippen LogP contribution in [0.15, 0.2) is 66.4 Å². The fourth-order valence-electron chi connectivity index (χ4n) is 4.04. The van der Waals surface area contributed by atoms with Gasteiger partial charge in [-0.1, -0.05) is 6.07 Å². The number of aromatic nitrogens is 6. The van der Waals surface area contributed by atoms with E-state index < -0.39 is 19.0 Å². The van der Waals surface area contributed by atoms with Gasteiger partial charge in [-0.05, 0) is 48.4 Å². The van der Waals surface area contributed by atoms with Crippen molar-refractivity contribution in [3.63, 3.8) is 0 Å². The second-order valence-corrected chi connectivity index (χ2v) is 8.75.